The third-order valence-electron chi connectivity index (χ3n) is 3.04. The number of rotatable bonds is 1. The molecule has 2 rings (SSSR count). The number of fused-ring (bicyclic) bond motifs is 1. The van der Waals surface area contributed by atoms with Crippen LogP contribution in [0.5, 0.6) is 0 Å². The van der Waals surface area contributed by atoms with Crippen LogP contribution in [0, 0.1) is 5.92 Å². The molecule has 1 N–H and O–H groups in total. The van der Waals surface area contributed by atoms with Gasteiger partial charge in [-0.2, -0.15) is 5.06 Å². The van der Waals surface area contributed by atoms with Gasteiger partial charge in [0.05, 0.1) is 12.6 Å². The molecule has 2 heterocycles. The molecule has 0 saturated carbocycles. The van der Waals surface area contributed by atoms with Crippen molar-refractivity contribution in [3.05, 3.63) is 0 Å². The number of hydrogen-bond donors (Lipinski definition) is 1. The molecule has 0 aliphatic carbocycles. The van der Waals surface area contributed by atoms with Crippen LogP contribution in [0.2, 0.25) is 0 Å². The monoisotopic (exact) mass is 200 g/mol. The zero-order chi connectivity index (χ0) is 10.1. The second kappa shape index (κ2) is 3.74. The molecule has 2 unspecified atom stereocenters. The topological polar surface area (TPSA) is 53.0 Å². The molecule has 0 aromatic carbocycles. The average molecular weight is 200 g/mol. The first-order chi connectivity index (χ1) is 6.72. The van der Waals surface area contributed by atoms with E-state index < -0.39 is 0 Å². The molecule has 0 spiro atoms. The zero-order valence-corrected chi connectivity index (χ0v) is 8.35. The highest BCUT2D eigenvalue weighted by atomic mass is 16.6. The van der Waals surface area contributed by atoms with Crippen LogP contribution in [0.25, 0.3) is 0 Å². The molecule has 5 heteroatoms. The number of carbonyl (C=O) groups excluding carboxylic acids is 1. The first-order valence-corrected chi connectivity index (χ1v) is 5.09. The molecule has 0 aromatic rings. The molecule has 2 aliphatic rings. The highest BCUT2D eigenvalue weighted by molar-refractivity contribution is 5.68. The predicted molar refractivity (Wildman–Crippen MR) is 49.0 cm³/mol. The Morgan fingerprint density at radius 1 is 1.57 bits per heavy atom. The molecule has 5 nitrogen and oxygen atoms in total. The van der Waals surface area contributed by atoms with Gasteiger partial charge in [0, 0.05) is 19.6 Å². The van der Waals surface area contributed by atoms with Crippen molar-refractivity contribution in [1.82, 2.24) is 9.96 Å². The van der Waals surface area contributed by atoms with Crippen LogP contribution in [-0.4, -0.2) is 53.5 Å². The molecule has 2 fully saturated rings. The minimum absolute atomic E-state index is 0.124. The lowest BCUT2D eigenvalue weighted by atomic mass is 10.1. The fourth-order valence-corrected chi connectivity index (χ4v) is 2.30. The Morgan fingerprint density at radius 3 is 3.00 bits per heavy atom. The van der Waals surface area contributed by atoms with Crippen LogP contribution < -0.4 is 0 Å². The Bertz CT molecular complexity index is 234. The Kier molecular flexibility index (Phi) is 2.60. The predicted octanol–water partition coefficient (Wildman–Crippen LogP) is 0.538. The molecule has 2 aliphatic heterocycles. The summed E-state index contributed by atoms with van der Waals surface area (Å²) < 4.78 is 4.91. The van der Waals surface area contributed by atoms with E-state index in [-0.39, 0.29) is 12.1 Å². The minimum Gasteiger partial charge on any atom is -0.450 e. The Hall–Kier alpha value is -0.810. The van der Waals surface area contributed by atoms with Crippen molar-refractivity contribution in [2.45, 2.75) is 19.4 Å². The standard InChI is InChI=1S/C9H16N2O3/c1-2-14-9(12)10-5-7-3-4-11(13)8(7)6-10/h7-8,13H,2-6H2,1H3. The van der Waals surface area contributed by atoms with Gasteiger partial charge in [-0.05, 0) is 19.3 Å². The first kappa shape index (κ1) is 9.73. The van der Waals surface area contributed by atoms with Gasteiger partial charge in [0.1, 0.15) is 0 Å². The van der Waals surface area contributed by atoms with Crippen molar-refractivity contribution in [2.75, 3.05) is 26.2 Å². The van der Waals surface area contributed by atoms with E-state index in [4.69, 9.17) is 4.74 Å². The fourth-order valence-electron chi connectivity index (χ4n) is 2.30. The highest BCUT2D eigenvalue weighted by Gasteiger charge is 2.42. The van der Waals surface area contributed by atoms with Crippen LogP contribution in [0.1, 0.15) is 13.3 Å². The van der Waals surface area contributed by atoms with E-state index in [9.17, 15) is 10.0 Å². The summed E-state index contributed by atoms with van der Waals surface area (Å²) in [6.45, 7) is 4.26. The number of nitrogens with zero attached hydrogens (tertiary/aromatic N) is 2. The molecular formula is C9H16N2O3. The van der Waals surface area contributed by atoms with Crippen LogP contribution in [-0.2, 0) is 4.74 Å². The maximum Gasteiger partial charge on any atom is 0.409 e. The van der Waals surface area contributed by atoms with Gasteiger partial charge >= 0.3 is 6.09 Å². The van der Waals surface area contributed by atoms with E-state index in [2.05, 4.69) is 0 Å². The van der Waals surface area contributed by atoms with Crippen LogP contribution in [0.3, 0.4) is 0 Å². The lowest BCUT2D eigenvalue weighted by Crippen LogP contribution is -2.35. The number of hydroxylamine groups is 2. The van der Waals surface area contributed by atoms with Crippen LogP contribution in [0.4, 0.5) is 4.79 Å². The van der Waals surface area contributed by atoms with Crippen molar-refractivity contribution in [1.29, 1.82) is 0 Å². The smallest absolute Gasteiger partial charge is 0.409 e. The van der Waals surface area contributed by atoms with Crippen LogP contribution in [0.15, 0.2) is 0 Å². The number of hydrogen-bond acceptors (Lipinski definition) is 4. The lowest BCUT2D eigenvalue weighted by Gasteiger charge is -2.18. The number of ether oxygens (including phenoxy) is 1. The molecule has 80 valence electrons. The molecule has 14 heavy (non-hydrogen) atoms. The lowest BCUT2D eigenvalue weighted by molar-refractivity contribution is -0.103. The molecule has 1 amide bonds. The summed E-state index contributed by atoms with van der Waals surface area (Å²) in [5, 5.41) is 10.8. The normalized spacial score (nSPS) is 32.0. The Balaban J connectivity index is 1.92. The van der Waals surface area contributed by atoms with E-state index in [1.807, 2.05) is 0 Å². The first-order valence-electron chi connectivity index (χ1n) is 5.09. The third kappa shape index (κ3) is 1.57. The second-order valence-electron chi connectivity index (χ2n) is 3.88. The molecule has 0 bridgehead atoms. The van der Waals surface area contributed by atoms with Gasteiger partial charge in [-0.25, -0.2) is 4.79 Å². The van der Waals surface area contributed by atoms with Gasteiger partial charge < -0.3 is 14.8 Å². The van der Waals surface area contributed by atoms with Crippen molar-refractivity contribution in [3.63, 3.8) is 0 Å². The van der Waals surface area contributed by atoms with Crippen molar-refractivity contribution >= 4 is 6.09 Å². The summed E-state index contributed by atoms with van der Waals surface area (Å²) in [6.07, 6.45) is 0.715. The highest BCUT2D eigenvalue weighted by Crippen LogP contribution is 2.30. The number of carbonyl (C=O) groups is 1. The van der Waals surface area contributed by atoms with Gasteiger partial charge in [-0.1, -0.05) is 0 Å². The summed E-state index contributed by atoms with van der Waals surface area (Å²) >= 11 is 0. The third-order valence-corrected chi connectivity index (χ3v) is 3.04. The maximum atomic E-state index is 11.4. The average Bonchev–Trinajstić information content (AvgIpc) is 2.69. The molecule has 0 aromatic heterocycles. The van der Waals surface area contributed by atoms with Gasteiger partial charge in [-0.3, -0.25) is 0 Å². The summed E-state index contributed by atoms with van der Waals surface area (Å²) in [5.41, 5.74) is 0. The SMILES string of the molecule is CCOC(=O)N1CC2CCN(O)C2C1. The van der Waals surface area contributed by atoms with E-state index in [1.54, 1.807) is 11.8 Å². The van der Waals surface area contributed by atoms with E-state index in [1.165, 1.54) is 5.06 Å². The fraction of sp³-hybridized carbons (Fsp3) is 0.889. The Labute approximate surface area is 83.2 Å². The second-order valence-corrected chi connectivity index (χ2v) is 3.88. The van der Waals surface area contributed by atoms with Crippen molar-refractivity contribution in [2.24, 2.45) is 5.92 Å². The quantitative estimate of drug-likeness (QED) is 0.671. The summed E-state index contributed by atoms with van der Waals surface area (Å²) in [4.78, 5) is 13.1. The Morgan fingerprint density at radius 2 is 2.36 bits per heavy atom. The maximum absolute atomic E-state index is 11.4. The van der Waals surface area contributed by atoms with E-state index >= 15 is 0 Å². The van der Waals surface area contributed by atoms with Gasteiger partial charge in [0.2, 0.25) is 0 Å². The number of amides is 1. The summed E-state index contributed by atoms with van der Waals surface area (Å²) in [6, 6.07) is 0.124. The van der Waals surface area contributed by atoms with Gasteiger partial charge in [-0.15, -0.1) is 0 Å². The van der Waals surface area contributed by atoms with E-state index in [0.717, 1.165) is 19.5 Å². The van der Waals surface area contributed by atoms with Crippen LogP contribution >= 0.6 is 0 Å². The van der Waals surface area contributed by atoms with Crippen molar-refractivity contribution < 1.29 is 14.7 Å². The molecular weight excluding hydrogens is 184 g/mol. The largest absolute Gasteiger partial charge is 0.450 e. The van der Waals surface area contributed by atoms with E-state index in [0.29, 0.717) is 19.1 Å². The minimum atomic E-state index is -0.254. The summed E-state index contributed by atoms with van der Waals surface area (Å²) in [5.74, 6) is 0.421. The molecule has 0 radical (unpaired) electrons. The zero-order valence-electron chi connectivity index (χ0n) is 8.35. The molecule has 2 saturated heterocycles. The van der Waals surface area contributed by atoms with Crippen molar-refractivity contribution in [3.8, 4) is 0 Å². The number of likely N-dealkylation sites (tertiary alicyclic amines) is 1. The van der Waals surface area contributed by atoms with Gasteiger partial charge in [0.15, 0.2) is 0 Å². The van der Waals surface area contributed by atoms with Gasteiger partial charge in [0.25, 0.3) is 0 Å². The molecule has 2 atom stereocenters. The summed E-state index contributed by atoms with van der Waals surface area (Å²) in [7, 11) is 0.